The molecule has 1 aliphatic heterocycles. The number of rotatable bonds is 8. The van der Waals surface area contributed by atoms with E-state index in [1.54, 1.807) is 24.3 Å². The van der Waals surface area contributed by atoms with Gasteiger partial charge in [-0.1, -0.05) is 17.7 Å². The second kappa shape index (κ2) is 11.5. The van der Waals surface area contributed by atoms with Gasteiger partial charge in [-0.15, -0.1) is 0 Å². The highest BCUT2D eigenvalue weighted by Crippen LogP contribution is 2.36. The summed E-state index contributed by atoms with van der Waals surface area (Å²) in [4.78, 5) is 9.03. The van der Waals surface area contributed by atoms with Gasteiger partial charge in [0.15, 0.2) is 0 Å². The third-order valence-corrected chi connectivity index (χ3v) is 6.80. The van der Waals surface area contributed by atoms with E-state index < -0.39 is 0 Å². The van der Waals surface area contributed by atoms with E-state index in [1.807, 2.05) is 25.3 Å². The molecule has 8 nitrogen and oxygen atoms in total. The minimum absolute atomic E-state index is 0.350. The van der Waals surface area contributed by atoms with Crippen LogP contribution in [0.3, 0.4) is 0 Å². The van der Waals surface area contributed by atoms with Crippen molar-refractivity contribution in [2.24, 2.45) is 0 Å². The topological polar surface area (TPSA) is 115 Å². The molecule has 1 saturated heterocycles. The molecule has 3 N–H and O–H groups in total. The van der Waals surface area contributed by atoms with Crippen molar-refractivity contribution in [3.8, 4) is 17.6 Å². The Morgan fingerprint density at radius 3 is 2.63 bits per heavy atom. The lowest BCUT2D eigenvalue weighted by Gasteiger charge is -2.21. The minimum atomic E-state index is 0.350. The molecular formula is C29H28ClN5O3. The molecular weight excluding hydrogens is 502 g/mol. The van der Waals surface area contributed by atoms with Gasteiger partial charge in [0, 0.05) is 59.9 Å². The highest BCUT2D eigenvalue weighted by Gasteiger charge is 2.17. The Morgan fingerprint density at radius 1 is 1.08 bits per heavy atom. The molecule has 2 aromatic heterocycles. The van der Waals surface area contributed by atoms with Gasteiger partial charge < -0.3 is 25.3 Å². The number of pyridine rings is 2. The number of halogens is 1. The first-order valence-corrected chi connectivity index (χ1v) is 12.9. The molecule has 0 amide bonds. The number of nitrogens with zero attached hydrogens (tertiary/aromatic N) is 3. The minimum Gasteiger partial charge on any atom is -0.492 e. The number of fused-ring (bicyclic) bond motifs is 1. The van der Waals surface area contributed by atoms with Crippen LogP contribution in [0.2, 0.25) is 5.02 Å². The van der Waals surface area contributed by atoms with E-state index in [4.69, 9.17) is 31.5 Å². The Bertz CT molecular complexity index is 1480. The second-order valence-corrected chi connectivity index (χ2v) is 9.44. The molecule has 0 saturated carbocycles. The fourth-order valence-electron chi connectivity index (χ4n) is 4.49. The fraction of sp³-hybridized carbons (Fsp3) is 0.276. The van der Waals surface area contributed by atoms with Gasteiger partial charge in [-0.25, -0.2) is 0 Å². The Balaban J connectivity index is 1.31. The average molecular weight is 530 g/mol. The third kappa shape index (κ3) is 5.59. The van der Waals surface area contributed by atoms with E-state index in [0.29, 0.717) is 69.2 Å². The molecule has 1 fully saturated rings. The Labute approximate surface area is 226 Å². The van der Waals surface area contributed by atoms with Crippen molar-refractivity contribution < 1.29 is 14.2 Å². The first kappa shape index (κ1) is 25.6. The summed E-state index contributed by atoms with van der Waals surface area (Å²) in [5, 5.41) is 14.1. The van der Waals surface area contributed by atoms with E-state index in [9.17, 15) is 5.26 Å². The Kier molecular flexibility index (Phi) is 7.78. The van der Waals surface area contributed by atoms with Crippen LogP contribution >= 0.6 is 11.6 Å². The van der Waals surface area contributed by atoms with Crippen LogP contribution in [0.5, 0.6) is 11.5 Å². The number of aromatic nitrogens is 2. The van der Waals surface area contributed by atoms with Crippen molar-refractivity contribution in [3.05, 3.63) is 76.7 Å². The van der Waals surface area contributed by atoms with E-state index in [1.165, 1.54) is 6.20 Å². The van der Waals surface area contributed by atoms with Gasteiger partial charge >= 0.3 is 0 Å². The second-order valence-electron chi connectivity index (χ2n) is 9.04. The van der Waals surface area contributed by atoms with Crippen molar-refractivity contribution in [2.75, 3.05) is 30.9 Å². The summed E-state index contributed by atoms with van der Waals surface area (Å²) in [5.74, 6) is 1.56. The SMILES string of the molecule is CCOc1cc2ncc(C#N)c(Nc3ccc(OCc4ccc(C5CCOCC5)nc4)c(Cl)c3)c2cc1N. The molecule has 2 aromatic carbocycles. The summed E-state index contributed by atoms with van der Waals surface area (Å²) in [6.07, 6.45) is 5.39. The molecule has 38 heavy (non-hydrogen) atoms. The van der Waals surface area contributed by atoms with Crippen LogP contribution < -0.4 is 20.5 Å². The third-order valence-electron chi connectivity index (χ3n) is 6.50. The lowest BCUT2D eigenvalue weighted by Crippen LogP contribution is -2.15. The molecule has 3 heterocycles. The number of nitrogens with one attached hydrogen (secondary N) is 1. The number of nitrogen functional groups attached to an aromatic ring is 1. The molecule has 0 aliphatic carbocycles. The predicted octanol–water partition coefficient (Wildman–Crippen LogP) is 6.35. The van der Waals surface area contributed by atoms with Crippen molar-refractivity contribution >= 4 is 39.6 Å². The number of nitrogens with two attached hydrogens (primary N) is 1. The number of hydrogen-bond acceptors (Lipinski definition) is 8. The molecule has 9 heteroatoms. The van der Waals surface area contributed by atoms with Crippen molar-refractivity contribution in [1.29, 1.82) is 5.26 Å². The average Bonchev–Trinajstić information content (AvgIpc) is 2.94. The molecule has 0 bridgehead atoms. The summed E-state index contributed by atoms with van der Waals surface area (Å²) in [7, 11) is 0. The molecule has 1 aliphatic rings. The van der Waals surface area contributed by atoms with Gasteiger partial charge in [-0.3, -0.25) is 9.97 Å². The van der Waals surface area contributed by atoms with Gasteiger partial charge in [0.1, 0.15) is 24.2 Å². The van der Waals surface area contributed by atoms with Crippen LogP contribution in [-0.4, -0.2) is 29.8 Å². The molecule has 0 radical (unpaired) electrons. The van der Waals surface area contributed by atoms with E-state index >= 15 is 0 Å². The molecule has 194 valence electrons. The Hall–Kier alpha value is -4.06. The van der Waals surface area contributed by atoms with Crippen LogP contribution in [0.25, 0.3) is 10.9 Å². The summed E-state index contributed by atoms with van der Waals surface area (Å²) >= 11 is 6.55. The molecule has 4 aromatic rings. The number of anilines is 3. The first-order chi connectivity index (χ1) is 18.6. The van der Waals surface area contributed by atoms with Gasteiger partial charge in [-0.05, 0) is 50.1 Å². The van der Waals surface area contributed by atoms with Crippen LogP contribution in [-0.2, 0) is 11.3 Å². The highest BCUT2D eigenvalue weighted by atomic mass is 35.5. The maximum absolute atomic E-state index is 9.69. The van der Waals surface area contributed by atoms with Crippen LogP contribution in [0.4, 0.5) is 17.1 Å². The van der Waals surface area contributed by atoms with Gasteiger partial charge in [0.05, 0.1) is 34.1 Å². The zero-order valence-corrected chi connectivity index (χ0v) is 21.8. The molecule has 0 atom stereocenters. The normalized spacial score (nSPS) is 13.7. The number of hydrogen-bond donors (Lipinski definition) is 2. The zero-order valence-electron chi connectivity index (χ0n) is 21.0. The summed E-state index contributed by atoms with van der Waals surface area (Å²) in [6.45, 7) is 4.31. The van der Waals surface area contributed by atoms with Crippen molar-refractivity contribution in [3.63, 3.8) is 0 Å². The maximum atomic E-state index is 9.69. The number of benzene rings is 2. The maximum Gasteiger partial charge on any atom is 0.144 e. The highest BCUT2D eigenvalue weighted by molar-refractivity contribution is 6.32. The summed E-state index contributed by atoms with van der Waals surface area (Å²) < 4.78 is 17.0. The molecule has 0 unspecified atom stereocenters. The van der Waals surface area contributed by atoms with Crippen molar-refractivity contribution in [2.45, 2.75) is 32.3 Å². The number of nitriles is 1. The summed E-state index contributed by atoms with van der Waals surface area (Å²) in [5.41, 5.74) is 11.0. The smallest absolute Gasteiger partial charge is 0.144 e. The standard InChI is InChI=1S/C29H28ClN5O3/c1-2-37-28-13-26-22(12-24(28)32)29(20(14-31)16-34-26)35-21-4-6-27(23(30)11-21)38-17-18-3-5-25(33-15-18)19-7-9-36-10-8-19/h3-6,11-13,15-16,19H,2,7-10,17,32H2,1H3,(H,34,35). The van der Waals surface area contributed by atoms with Crippen LogP contribution in [0.1, 0.15) is 42.5 Å². The first-order valence-electron chi connectivity index (χ1n) is 12.5. The van der Waals surface area contributed by atoms with Crippen LogP contribution in [0.15, 0.2) is 54.9 Å². The fourth-order valence-corrected chi connectivity index (χ4v) is 4.73. The lowest BCUT2D eigenvalue weighted by atomic mass is 9.96. The van der Waals surface area contributed by atoms with Gasteiger partial charge in [0.2, 0.25) is 0 Å². The lowest BCUT2D eigenvalue weighted by molar-refractivity contribution is 0.0845. The predicted molar refractivity (Wildman–Crippen MR) is 148 cm³/mol. The van der Waals surface area contributed by atoms with E-state index in [2.05, 4.69) is 27.4 Å². The zero-order chi connectivity index (χ0) is 26.5. The van der Waals surface area contributed by atoms with E-state index in [0.717, 1.165) is 37.3 Å². The van der Waals surface area contributed by atoms with Gasteiger partial charge in [0.25, 0.3) is 0 Å². The molecule has 0 spiro atoms. The monoisotopic (exact) mass is 529 g/mol. The largest absolute Gasteiger partial charge is 0.492 e. The van der Waals surface area contributed by atoms with E-state index in [-0.39, 0.29) is 0 Å². The molecule has 5 rings (SSSR count). The van der Waals surface area contributed by atoms with Crippen LogP contribution in [0, 0.1) is 11.3 Å². The summed E-state index contributed by atoms with van der Waals surface area (Å²) in [6, 6.07) is 15.2. The van der Waals surface area contributed by atoms with Crippen molar-refractivity contribution in [1.82, 2.24) is 9.97 Å². The Morgan fingerprint density at radius 2 is 1.92 bits per heavy atom. The van der Waals surface area contributed by atoms with Gasteiger partial charge in [-0.2, -0.15) is 5.26 Å². The number of ether oxygens (including phenoxy) is 3. The quantitative estimate of drug-likeness (QED) is 0.253.